The van der Waals surface area contributed by atoms with Crippen molar-refractivity contribution in [3.63, 3.8) is 0 Å². The number of aryl methyl sites for hydroxylation is 1. The molecule has 168 valence electrons. The fourth-order valence-electron chi connectivity index (χ4n) is 3.23. The van der Waals surface area contributed by atoms with E-state index in [1.54, 1.807) is 6.08 Å². The van der Waals surface area contributed by atoms with Crippen LogP contribution in [0.3, 0.4) is 0 Å². The summed E-state index contributed by atoms with van der Waals surface area (Å²) in [6.45, 7) is 2.79. The van der Waals surface area contributed by atoms with E-state index >= 15 is 0 Å². The molecular weight excluding hydrogens is 728 g/mol. The van der Waals surface area contributed by atoms with Gasteiger partial charge in [0.2, 0.25) is 0 Å². The molecule has 8 heteroatoms. The van der Waals surface area contributed by atoms with Crippen LogP contribution in [0.15, 0.2) is 70.0 Å². The van der Waals surface area contributed by atoms with Crippen LogP contribution >= 0.6 is 72.9 Å². The van der Waals surface area contributed by atoms with Crippen LogP contribution in [-0.2, 0) is 17.9 Å². The number of amides is 2. The predicted molar refractivity (Wildman–Crippen MR) is 153 cm³/mol. The van der Waals surface area contributed by atoms with Crippen molar-refractivity contribution in [2.75, 3.05) is 0 Å². The van der Waals surface area contributed by atoms with E-state index < -0.39 is 0 Å². The van der Waals surface area contributed by atoms with E-state index in [9.17, 15) is 9.59 Å². The molecule has 0 atom stereocenters. The fourth-order valence-corrected chi connectivity index (χ4v) is 6.60. The average molecular weight is 746 g/mol. The van der Waals surface area contributed by atoms with Gasteiger partial charge in [-0.2, -0.15) is 0 Å². The van der Waals surface area contributed by atoms with Crippen LogP contribution < -0.4 is 4.74 Å². The number of ether oxygens (including phenoxy) is 1. The van der Waals surface area contributed by atoms with Crippen molar-refractivity contribution in [2.24, 2.45) is 0 Å². The van der Waals surface area contributed by atoms with Crippen molar-refractivity contribution in [1.29, 1.82) is 0 Å². The lowest BCUT2D eigenvalue weighted by Gasteiger charge is -2.13. The number of rotatable bonds is 6. The van der Waals surface area contributed by atoms with Crippen LogP contribution in [0.4, 0.5) is 4.79 Å². The zero-order valence-electron chi connectivity index (χ0n) is 17.5. The number of halogens is 3. The third-order valence-electron chi connectivity index (χ3n) is 4.98. The molecule has 0 aromatic heterocycles. The Bertz CT molecular complexity index is 1240. The molecule has 0 radical (unpaired) electrons. The molecule has 1 saturated heterocycles. The molecule has 33 heavy (non-hydrogen) atoms. The number of thioether (sulfide) groups is 1. The first-order valence-corrected chi connectivity index (χ1v) is 13.7. The van der Waals surface area contributed by atoms with Crippen LogP contribution in [0, 0.1) is 14.1 Å². The molecule has 4 nitrogen and oxygen atoms in total. The van der Waals surface area contributed by atoms with E-state index in [0.717, 1.165) is 45.8 Å². The average Bonchev–Trinajstić information content (AvgIpc) is 3.03. The Morgan fingerprint density at radius 2 is 1.70 bits per heavy atom. The smallest absolute Gasteiger partial charge is 0.293 e. The molecule has 0 saturated carbocycles. The van der Waals surface area contributed by atoms with Crippen LogP contribution in [0.2, 0.25) is 0 Å². The van der Waals surface area contributed by atoms with Gasteiger partial charge in [0.1, 0.15) is 12.4 Å². The highest BCUT2D eigenvalue weighted by atomic mass is 127. The minimum Gasteiger partial charge on any atom is -0.487 e. The van der Waals surface area contributed by atoms with E-state index in [1.807, 2.05) is 36.4 Å². The highest BCUT2D eigenvalue weighted by Crippen LogP contribution is 2.36. The summed E-state index contributed by atoms with van der Waals surface area (Å²) in [7, 11) is 0. The molecule has 0 bridgehead atoms. The molecule has 1 aliphatic rings. The quantitative estimate of drug-likeness (QED) is 0.191. The van der Waals surface area contributed by atoms with Gasteiger partial charge in [-0.25, -0.2) is 0 Å². The molecule has 1 aliphatic heterocycles. The molecule has 4 rings (SSSR count). The maximum absolute atomic E-state index is 12.9. The van der Waals surface area contributed by atoms with Gasteiger partial charge in [0, 0.05) is 4.47 Å². The van der Waals surface area contributed by atoms with E-state index in [1.165, 1.54) is 10.5 Å². The largest absolute Gasteiger partial charge is 0.487 e. The first-order valence-electron chi connectivity index (χ1n) is 9.98. The van der Waals surface area contributed by atoms with Gasteiger partial charge in [0.05, 0.1) is 18.6 Å². The molecule has 3 aromatic carbocycles. The van der Waals surface area contributed by atoms with Gasteiger partial charge in [-0.1, -0.05) is 64.0 Å². The first kappa shape index (κ1) is 24.7. The minimum atomic E-state index is -0.273. The highest BCUT2D eigenvalue weighted by Gasteiger charge is 2.35. The van der Waals surface area contributed by atoms with E-state index in [4.69, 9.17) is 4.74 Å². The number of carbonyl (C=O) groups excluding carboxylic acids is 2. The Hall–Kier alpha value is -1.37. The van der Waals surface area contributed by atoms with E-state index in [0.29, 0.717) is 11.5 Å². The second-order valence-corrected chi connectivity index (χ2v) is 11.6. The predicted octanol–water partition coefficient (Wildman–Crippen LogP) is 7.78. The molecule has 0 unspecified atom stereocenters. The maximum atomic E-state index is 12.9. The topological polar surface area (TPSA) is 46.6 Å². The number of nitrogens with zero attached hydrogens (tertiary/aromatic N) is 1. The van der Waals surface area contributed by atoms with Gasteiger partial charge in [0.25, 0.3) is 11.1 Å². The Labute approximate surface area is 232 Å². The van der Waals surface area contributed by atoms with Crippen molar-refractivity contribution in [3.05, 3.63) is 99.4 Å². The van der Waals surface area contributed by atoms with Crippen LogP contribution in [-0.4, -0.2) is 16.0 Å². The van der Waals surface area contributed by atoms with Crippen molar-refractivity contribution < 1.29 is 14.3 Å². The monoisotopic (exact) mass is 745 g/mol. The SMILES string of the molecule is Cc1ccc(COc2c(I)cc(/C=C3\SC(=O)N(Cc4ccccc4Br)C3=O)cc2I)cc1. The summed E-state index contributed by atoms with van der Waals surface area (Å²) in [6, 6.07) is 19.8. The summed E-state index contributed by atoms with van der Waals surface area (Å²) in [5.41, 5.74) is 4.07. The van der Waals surface area contributed by atoms with E-state index in [2.05, 4.69) is 92.3 Å². The third kappa shape index (κ3) is 6.01. The Morgan fingerprint density at radius 3 is 2.36 bits per heavy atom. The summed E-state index contributed by atoms with van der Waals surface area (Å²) < 4.78 is 8.85. The van der Waals surface area contributed by atoms with Gasteiger partial charge < -0.3 is 4.74 Å². The zero-order valence-corrected chi connectivity index (χ0v) is 24.2. The molecule has 1 heterocycles. The third-order valence-corrected chi connectivity index (χ3v) is 8.27. The van der Waals surface area contributed by atoms with Crippen LogP contribution in [0.1, 0.15) is 22.3 Å². The van der Waals surface area contributed by atoms with Crippen molar-refractivity contribution in [2.45, 2.75) is 20.1 Å². The summed E-state index contributed by atoms with van der Waals surface area (Å²) >= 11 is 8.94. The summed E-state index contributed by atoms with van der Waals surface area (Å²) in [4.78, 5) is 27.2. The van der Waals surface area contributed by atoms with Gasteiger partial charge in [0.15, 0.2) is 0 Å². The second-order valence-electron chi connectivity index (χ2n) is 7.45. The van der Waals surface area contributed by atoms with Crippen molar-refractivity contribution in [1.82, 2.24) is 4.90 Å². The standard InChI is InChI=1S/C25H18BrI2NO3S/c1-15-6-8-16(9-7-15)14-32-23-20(27)10-17(11-21(23)28)12-22-24(30)29(25(31)33-22)13-18-4-2-3-5-19(18)26/h2-12H,13-14H2,1H3/b22-12-. The molecular formula is C25H18BrI2NO3S. The molecule has 1 fully saturated rings. The second kappa shape index (κ2) is 10.9. The minimum absolute atomic E-state index is 0.240. The molecule has 3 aromatic rings. The molecule has 0 N–H and O–H groups in total. The zero-order chi connectivity index (χ0) is 23.5. The summed E-state index contributed by atoms with van der Waals surface area (Å²) in [5, 5.41) is -0.260. The first-order chi connectivity index (χ1) is 15.8. The fraction of sp³-hybridized carbons (Fsp3) is 0.120. The van der Waals surface area contributed by atoms with E-state index in [-0.39, 0.29) is 17.7 Å². The van der Waals surface area contributed by atoms with Gasteiger partial charge >= 0.3 is 0 Å². The van der Waals surface area contributed by atoms with Gasteiger partial charge in [-0.3, -0.25) is 14.5 Å². The lowest BCUT2D eigenvalue weighted by Crippen LogP contribution is -2.27. The number of carbonyl (C=O) groups is 2. The Balaban J connectivity index is 1.50. The lowest BCUT2D eigenvalue weighted by molar-refractivity contribution is -0.123. The molecule has 0 aliphatic carbocycles. The Morgan fingerprint density at radius 1 is 1.03 bits per heavy atom. The Kier molecular flexibility index (Phi) is 8.19. The van der Waals surface area contributed by atoms with Crippen LogP contribution in [0.25, 0.3) is 6.08 Å². The normalized spacial score (nSPS) is 14.9. The highest BCUT2D eigenvalue weighted by molar-refractivity contribution is 14.1. The van der Waals surface area contributed by atoms with Gasteiger partial charge in [-0.15, -0.1) is 0 Å². The van der Waals surface area contributed by atoms with Gasteiger partial charge in [-0.05, 0) is 105 Å². The van der Waals surface area contributed by atoms with Crippen molar-refractivity contribution >= 4 is 90.1 Å². The number of hydrogen-bond donors (Lipinski definition) is 0. The van der Waals surface area contributed by atoms with Crippen LogP contribution in [0.5, 0.6) is 5.75 Å². The number of hydrogen-bond acceptors (Lipinski definition) is 4. The maximum Gasteiger partial charge on any atom is 0.293 e. The summed E-state index contributed by atoms with van der Waals surface area (Å²) in [6.07, 6.45) is 1.78. The lowest BCUT2D eigenvalue weighted by atomic mass is 10.1. The molecule has 2 amide bonds. The summed E-state index contributed by atoms with van der Waals surface area (Å²) in [5.74, 6) is 0.543. The number of benzene rings is 3. The van der Waals surface area contributed by atoms with Crippen molar-refractivity contribution in [3.8, 4) is 5.75 Å². The number of imide groups is 1. The molecule has 0 spiro atoms.